The van der Waals surface area contributed by atoms with E-state index in [1.807, 2.05) is 0 Å². The zero-order valence-electron chi connectivity index (χ0n) is 15.7. The van der Waals surface area contributed by atoms with E-state index in [0.717, 1.165) is 10.2 Å². The lowest BCUT2D eigenvalue weighted by atomic mass is 10.1. The first-order valence-corrected chi connectivity index (χ1v) is 8.72. The second kappa shape index (κ2) is 7.64. The lowest BCUT2D eigenvalue weighted by Gasteiger charge is -2.15. The average Bonchev–Trinajstić information content (AvgIpc) is 2.63. The summed E-state index contributed by atoms with van der Waals surface area (Å²) in [5.41, 5.74) is 2.30. The van der Waals surface area contributed by atoms with Crippen LogP contribution in [0, 0.1) is 19.7 Å². The van der Waals surface area contributed by atoms with Gasteiger partial charge in [0.1, 0.15) is 17.6 Å². The maximum atomic E-state index is 13.5. The molecule has 0 fully saturated rings. The van der Waals surface area contributed by atoms with Crippen molar-refractivity contribution in [3.05, 3.63) is 75.8 Å². The summed E-state index contributed by atoms with van der Waals surface area (Å²) in [6, 6.07) is 11.2. The van der Waals surface area contributed by atoms with Crippen molar-refractivity contribution in [1.29, 1.82) is 0 Å². The maximum absolute atomic E-state index is 13.5. The minimum absolute atomic E-state index is 0.115. The summed E-state index contributed by atoms with van der Waals surface area (Å²) in [4.78, 5) is 24.8. The van der Waals surface area contributed by atoms with Gasteiger partial charge in [-0.25, -0.2) is 9.07 Å². The van der Waals surface area contributed by atoms with Crippen molar-refractivity contribution in [2.45, 2.75) is 26.8 Å². The number of phenolic OH excluding ortho intramolecular Hbond substituents is 1. The molecule has 28 heavy (non-hydrogen) atoms. The number of phenols is 1. The summed E-state index contributed by atoms with van der Waals surface area (Å²) in [6.45, 7) is 5.02. The minimum atomic E-state index is -0.921. The Morgan fingerprint density at radius 2 is 1.89 bits per heavy atom. The zero-order valence-corrected chi connectivity index (χ0v) is 15.7. The van der Waals surface area contributed by atoms with E-state index in [-0.39, 0.29) is 5.75 Å². The molecule has 1 heterocycles. The largest absolute Gasteiger partial charge is 0.508 e. The normalized spacial score (nSPS) is 11.9. The van der Waals surface area contributed by atoms with Gasteiger partial charge in [-0.3, -0.25) is 9.59 Å². The number of benzene rings is 2. The molecule has 0 saturated carbocycles. The molecular formula is C21H20FN3O3. The lowest BCUT2D eigenvalue weighted by Crippen LogP contribution is -2.33. The highest BCUT2D eigenvalue weighted by atomic mass is 19.1. The van der Waals surface area contributed by atoms with Crippen molar-refractivity contribution in [2.24, 2.45) is 0 Å². The van der Waals surface area contributed by atoms with Crippen LogP contribution < -0.4 is 10.9 Å². The molecule has 3 aromatic rings. The Bertz CT molecular complexity index is 1090. The summed E-state index contributed by atoms with van der Waals surface area (Å²) < 4.78 is 14.6. The number of amides is 1. The van der Waals surface area contributed by atoms with E-state index in [1.54, 1.807) is 38.1 Å². The molecule has 0 aliphatic carbocycles. The summed E-state index contributed by atoms with van der Waals surface area (Å²) >= 11 is 0. The van der Waals surface area contributed by atoms with Gasteiger partial charge in [0, 0.05) is 17.3 Å². The Hall–Kier alpha value is -3.48. The SMILES string of the molecule is Cc1cc(F)cc(NC(=O)C(C)n2nc(-c3ccc(C)c(O)c3)ccc2=O)c1. The van der Waals surface area contributed by atoms with Crippen molar-refractivity contribution in [1.82, 2.24) is 9.78 Å². The first kappa shape index (κ1) is 19.3. The Morgan fingerprint density at radius 3 is 2.57 bits per heavy atom. The summed E-state index contributed by atoms with van der Waals surface area (Å²) in [7, 11) is 0. The number of hydrogen-bond donors (Lipinski definition) is 2. The molecule has 1 atom stereocenters. The fraction of sp³-hybridized carbons (Fsp3) is 0.190. The Morgan fingerprint density at radius 1 is 1.14 bits per heavy atom. The van der Waals surface area contributed by atoms with Crippen LogP contribution in [-0.4, -0.2) is 20.8 Å². The van der Waals surface area contributed by atoms with Crippen molar-refractivity contribution in [2.75, 3.05) is 5.32 Å². The van der Waals surface area contributed by atoms with Gasteiger partial charge >= 0.3 is 0 Å². The average molecular weight is 381 g/mol. The highest BCUT2D eigenvalue weighted by Crippen LogP contribution is 2.24. The van der Waals surface area contributed by atoms with Gasteiger partial charge < -0.3 is 10.4 Å². The lowest BCUT2D eigenvalue weighted by molar-refractivity contribution is -0.119. The van der Waals surface area contributed by atoms with Crippen LogP contribution in [0.2, 0.25) is 0 Å². The van der Waals surface area contributed by atoms with Crippen molar-refractivity contribution >= 4 is 11.6 Å². The number of nitrogens with one attached hydrogen (secondary N) is 1. The first-order chi connectivity index (χ1) is 13.2. The van der Waals surface area contributed by atoms with Crippen LogP contribution in [0.4, 0.5) is 10.1 Å². The zero-order chi connectivity index (χ0) is 20.4. The fourth-order valence-electron chi connectivity index (χ4n) is 2.79. The number of hydrogen-bond acceptors (Lipinski definition) is 4. The first-order valence-electron chi connectivity index (χ1n) is 8.72. The fourth-order valence-corrected chi connectivity index (χ4v) is 2.79. The number of aryl methyl sites for hydroxylation is 2. The summed E-state index contributed by atoms with van der Waals surface area (Å²) in [6.07, 6.45) is 0. The number of carbonyl (C=O) groups is 1. The van der Waals surface area contributed by atoms with Crippen LogP contribution in [0.15, 0.2) is 53.3 Å². The van der Waals surface area contributed by atoms with Crippen LogP contribution in [0.5, 0.6) is 5.75 Å². The van der Waals surface area contributed by atoms with E-state index in [2.05, 4.69) is 10.4 Å². The van der Waals surface area contributed by atoms with E-state index in [0.29, 0.717) is 22.5 Å². The Kier molecular flexibility index (Phi) is 5.26. The third kappa shape index (κ3) is 4.09. The van der Waals surface area contributed by atoms with Gasteiger partial charge in [-0.05, 0) is 62.2 Å². The van der Waals surface area contributed by atoms with Gasteiger partial charge in [0.25, 0.3) is 5.56 Å². The molecule has 6 nitrogen and oxygen atoms in total. The van der Waals surface area contributed by atoms with Crippen molar-refractivity contribution < 1.29 is 14.3 Å². The van der Waals surface area contributed by atoms with Crippen molar-refractivity contribution in [3.63, 3.8) is 0 Å². The highest BCUT2D eigenvalue weighted by Gasteiger charge is 2.19. The van der Waals surface area contributed by atoms with Gasteiger partial charge in [-0.2, -0.15) is 5.10 Å². The minimum Gasteiger partial charge on any atom is -0.508 e. The molecular weight excluding hydrogens is 361 g/mol. The van der Waals surface area contributed by atoms with E-state index in [1.165, 1.54) is 31.2 Å². The molecule has 2 N–H and O–H groups in total. The summed E-state index contributed by atoms with van der Waals surface area (Å²) in [5.74, 6) is -0.841. The van der Waals surface area contributed by atoms with Crippen LogP contribution in [0.3, 0.4) is 0 Å². The standard InChI is InChI=1S/C21H20FN3O3/c1-12-8-16(22)11-17(9-12)23-21(28)14(3)25-20(27)7-6-18(24-25)15-5-4-13(2)19(26)10-15/h4-11,14,26H,1-3H3,(H,23,28). The molecule has 0 radical (unpaired) electrons. The Balaban J connectivity index is 1.90. The molecule has 1 unspecified atom stereocenters. The maximum Gasteiger partial charge on any atom is 0.267 e. The van der Waals surface area contributed by atoms with E-state index in [9.17, 15) is 19.1 Å². The van der Waals surface area contributed by atoms with E-state index < -0.39 is 23.3 Å². The Labute approximate surface area is 161 Å². The number of anilines is 1. The van der Waals surface area contributed by atoms with Gasteiger partial charge in [0.15, 0.2) is 0 Å². The highest BCUT2D eigenvalue weighted by molar-refractivity contribution is 5.93. The summed E-state index contributed by atoms with van der Waals surface area (Å²) in [5, 5.41) is 16.8. The second-order valence-electron chi connectivity index (χ2n) is 6.69. The van der Waals surface area contributed by atoms with Crippen LogP contribution in [0.25, 0.3) is 11.3 Å². The molecule has 0 saturated heterocycles. The molecule has 0 aliphatic heterocycles. The van der Waals surface area contributed by atoms with Gasteiger partial charge in [-0.1, -0.05) is 12.1 Å². The smallest absolute Gasteiger partial charge is 0.267 e. The molecule has 1 amide bonds. The number of nitrogens with zero attached hydrogens (tertiary/aromatic N) is 2. The third-order valence-corrected chi connectivity index (χ3v) is 4.39. The molecule has 7 heteroatoms. The predicted molar refractivity (Wildman–Crippen MR) is 105 cm³/mol. The van der Waals surface area contributed by atoms with Gasteiger partial charge in [0.05, 0.1) is 5.69 Å². The third-order valence-electron chi connectivity index (χ3n) is 4.39. The molecule has 1 aromatic heterocycles. The predicted octanol–water partition coefficient (Wildman–Crippen LogP) is 3.57. The van der Waals surface area contributed by atoms with Crippen LogP contribution >= 0.6 is 0 Å². The molecule has 144 valence electrons. The molecule has 0 bridgehead atoms. The van der Waals surface area contributed by atoms with Crippen LogP contribution in [-0.2, 0) is 4.79 Å². The number of aromatic nitrogens is 2. The van der Waals surface area contributed by atoms with E-state index in [4.69, 9.17) is 0 Å². The number of rotatable bonds is 4. The number of aromatic hydroxyl groups is 1. The quantitative estimate of drug-likeness (QED) is 0.724. The monoisotopic (exact) mass is 381 g/mol. The van der Waals surface area contributed by atoms with E-state index >= 15 is 0 Å². The van der Waals surface area contributed by atoms with Crippen molar-refractivity contribution in [3.8, 4) is 17.0 Å². The number of halogens is 1. The second-order valence-corrected chi connectivity index (χ2v) is 6.69. The molecule has 0 aliphatic rings. The van der Waals surface area contributed by atoms with Gasteiger partial charge in [0.2, 0.25) is 5.91 Å². The number of carbonyl (C=O) groups excluding carboxylic acids is 1. The molecule has 0 spiro atoms. The van der Waals surface area contributed by atoms with Crippen LogP contribution in [0.1, 0.15) is 24.1 Å². The molecule has 2 aromatic carbocycles. The van der Waals surface area contributed by atoms with Gasteiger partial charge in [-0.15, -0.1) is 0 Å². The topological polar surface area (TPSA) is 84.2 Å². The molecule has 3 rings (SSSR count).